The molecule has 0 spiro atoms. The fourth-order valence-electron chi connectivity index (χ4n) is 0.519. The van der Waals surface area contributed by atoms with Crippen LogP contribution in [0.2, 0.25) is 0 Å². The molecule has 0 saturated heterocycles. The van der Waals surface area contributed by atoms with E-state index in [2.05, 4.69) is 14.5 Å². The van der Waals surface area contributed by atoms with E-state index in [1.807, 2.05) is 0 Å². The maximum atomic E-state index is 9.83. The largest absolute Gasteiger partial charge is 4.00 e. The van der Waals surface area contributed by atoms with Crippen LogP contribution in [0.5, 0.6) is 0 Å². The van der Waals surface area contributed by atoms with E-state index in [1.54, 1.807) is 0 Å². The molecule has 0 aliphatic carbocycles. The molecule has 0 unspecified atom stereocenters. The molecule has 0 aromatic rings. The van der Waals surface area contributed by atoms with E-state index < -0.39 is 34.6 Å². The third-order valence-corrected chi connectivity index (χ3v) is 0.967. The topological polar surface area (TPSA) is 157 Å². The van der Waals surface area contributed by atoms with Crippen molar-refractivity contribution in [2.75, 3.05) is 13.2 Å². The minimum Gasteiger partial charge on any atom is -0.311 e. The van der Waals surface area contributed by atoms with Crippen LogP contribution < -0.4 is 0 Å². The molecule has 0 heterocycles. The van der Waals surface area contributed by atoms with E-state index in [0.29, 0.717) is 0 Å². The van der Waals surface area contributed by atoms with Crippen molar-refractivity contribution in [1.82, 2.24) is 0 Å². The monoisotopic (exact) mass is 435 g/mol. The van der Waals surface area contributed by atoms with E-state index in [9.17, 15) is 30.3 Å². The minimum atomic E-state index is -1.55. The van der Waals surface area contributed by atoms with Gasteiger partial charge in [0.05, 0.1) is 0 Å². The molecule has 0 aliphatic heterocycles. The van der Waals surface area contributed by atoms with Gasteiger partial charge >= 0.3 is 27.3 Å². The quantitative estimate of drug-likeness (QED) is 0.254. The predicted molar refractivity (Wildman–Crippen MR) is 43.5 cm³/mol. The normalized spacial score (nSPS) is 8.81. The van der Waals surface area contributed by atoms with Crippen molar-refractivity contribution in [3.05, 3.63) is 30.3 Å². The van der Waals surface area contributed by atoms with Crippen molar-refractivity contribution >= 4 is 27.3 Å². The molecular formula is C3H5N3O9Pb+4. The van der Waals surface area contributed by atoms with Gasteiger partial charge in [-0.15, -0.1) is 30.3 Å². The predicted octanol–water partition coefficient (Wildman–Crippen LogP) is -1.40. The number of hydrogen-bond donors (Lipinski definition) is 0. The van der Waals surface area contributed by atoms with Crippen LogP contribution in [-0.4, -0.2) is 61.9 Å². The molecule has 13 heteroatoms. The van der Waals surface area contributed by atoms with Crippen LogP contribution in [0.1, 0.15) is 0 Å². The Kier molecular flexibility index (Phi) is 9.31. The Bertz CT molecular complexity index is 240. The van der Waals surface area contributed by atoms with Crippen molar-refractivity contribution in [3.8, 4) is 0 Å². The maximum Gasteiger partial charge on any atom is 4.00 e. The average molecular weight is 434 g/mol. The second-order valence-electron chi connectivity index (χ2n) is 1.99. The van der Waals surface area contributed by atoms with Gasteiger partial charge < -0.3 is 14.5 Å². The van der Waals surface area contributed by atoms with E-state index in [-0.39, 0.29) is 27.3 Å². The van der Waals surface area contributed by atoms with Gasteiger partial charge in [0, 0.05) is 0 Å². The molecule has 0 aliphatic rings. The summed E-state index contributed by atoms with van der Waals surface area (Å²) in [5, 5.41) is 25.5. The third-order valence-electron chi connectivity index (χ3n) is 0.967. The first kappa shape index (κ1) is 16.9. The van der Waals surface area contributed by atoms with Gasteiger partial charge in [-0.05, 0) is 0 Å². The van der Waals surface area contributed by atoms with Gasteiger partial charge in [-0.3, -0.25) is 0 Å². The Labute approximate surface area is 107 Å². The summed E-state index contributed by atoms with van der Waals surface area (Å²) in [6.07, 6.45) is -1.55. The minimum absolute atomic E-state index is 0. The smallest absolute Gasteiger partial charge is 0.311 e. The Balaban J connectivity index is 0. The van der Waals surface area contributed by atoms with Crippen molar-refractivity contribution in [2.45, 2.75) is 6.10 Å². The summed E-state index contributed by atoms with van der Waals surface area (Å²) in [6.45, 7) is -1.69. The van der Waals surface area contributed by atoms with Gasteiger partial charge in [0.2, 0.25) is 0 Å². The first-order valence-corrected chi connectivity index (χ1v) is 3.27. The van der Waals surface area contributed by atoms with E-state index in [4.69, 9.17) is 0 Å². The van der Waals surface area contributed by atoms with E-state index in [0.717, 1.165) is 0 Å². The molecule has 0 fully saturated rings. The Morgan fingerprint density at radius 1 is 0.875 bits per heavy atom. The second-order valence-corrected chi connectivity index (χ2v) is 1.99. The van der Waals surface area contributed by atoms with E-state index >= 15 is 0 Å². The van der Waals surface area contributed by atoms with Gasteiger partial charge in [-0.25, -0.2) is 0 Å². The van der Waals surface area contributed by atoms with Gasteiger partial charge in [-0.1, -0.05) is 0 Å². The first-order valence-electron chi connectivity index (χ1n) is 3.27. The SMILES string of the molecule is O=[N+]([O-])OCC(CO[N+](=O)[O-])O[N+](=O)[O-].[Pb+4]. The van der Waals surface area contributed by atoms with Crippen LogP contribution in [0.15, 0.2) is 0 Å². The zero-order valence-corrected chi connectivity index (χ0v) is 11.4. The molecule has 0 amide bonds. The molecule has 0 aromatic carbocycles. The van der Waals surface area contributed by atoms with Crippen LogP contribution in [-0.2, 0) is 14.5 Å². The summed E-state index contributed by atoms with van der Waals surface area (Å²) < 4.78 is 0. The van der Waals surface area contributed by atoms with Crippen LogP contribution in [0.3, 0.4) is 0 Å². The molecule has 0 rings (SSSR count). The summed E-state index contributed by atoms with van der Waals surface area (Å²) in [5.74, 6) is 0. The summed E-state index contributed by atoms with van der Waals surface area (Å²) in [4.78, 5) is 40.5. The Morgan fingerprint density at radius 3 is 1.50 bits per heavy atom. The summed E-state index contributed by atoms with van der Waals surface area (Å²) in [7, 11) is 0. The zero-order chi connectivity index (χ0) is 11.8. The van der Waals surface area contributed by atoms with Crippen LogP contribution >= 0.6 is 0 Å². The summed E-state index contributed by atoms with van der Waals surface area (Å²) in [5.41, 5.74) is 0. The fraction of sp³-hybridized carbons (Fsp3) is 1.00. The van der Waals surface area contributed by atoms with Gasteiger partial charge in [0.15, 0.2) is 6.10 Å². The molecule has 86 valence electrons. The van der Waals surface area contributed by atoms with Gasteiger partial charge in [0.1, 0.15) is 13.2 Å². The van der Waals surface area contributed by atoms with Crippen molar-refractivity contribution in [3.63, 3.8) is 0 Å². The maximum absolute atomic E-state index is 9.83. The molecule has 0 N–H and O–H groups in total. The van der Waals surface area contributed by atoms with Crippen LogP contribution in [0.4, 0.5) is 0 Å². The molecule has 0 bridgehead atoms. The summed E-state index contributed by atoms with van der Waals surface area (Å²) in [6, 6.07) is 0. The van der Waals surface area contributed by atoms with Crippen LogP contribution in [0.25, 0.3) is 0 Å². The third kappa shape index (κ3) is 10.6. The molecule has 0 radical (unpaired) electrons. The molecule has 0 saturated carbocycles. The Hall–Kier alpha value is -1.48. The molecule has 0 atom stereocenters. The van der Waals surface area contributed by atoms with Crippen molar-refractivity contribution < 1.29 is 29.8 Å². The molecule has 0 aromatic heterocycles. The molecule has 16 heavy (non-hydrogen) atoms. The van der Waals surface area contributed by atoms with Crippen molar-refractivity contribution in [2.24, 2.45) is 0 Å². The van der Waals surface area contributed by atoms with E-state index in [1.165, 1.54) is 0 Å². The summed E-state index contributed by atoms with van der Waals surface area (Å²) >= 11 is 0. The number of rotatable bonds is 8. The van der Waals surface area contributed by atoms with Crippen LogP contribution in [0, 0.1) is 30.3 Å². The number of hydrogen-bond acceptors (Lipinski definition) is 9. The van der Waals surface area contributed by atoms with Gasteiger partial charge in [0.25, 0.3) is 15.3 Å². The number of nitrogens with zero attached hydrogens (tertiary/aromatic N) is 3. The second kappa shape index (κ2) is 8.80. The van der Waals surface area contributed by atoms with Gasteiger partial charge in [-0.2, -0.15) is 0 Å². The fourth-order valence-corrected chi connectivity index (χ4v) is 0.519. The molecule has 12 nitrogen and oxygen atoms in total. The average Bonchev–Trinajstić information content (AvgIpc) is 2.08. The standard InChI is InChI=1S/C3H5N3O9.Pb/c7-4(8)13-1-3(15-6(11)12)2-14-5(9)10;/h3H,1-2H2;/q;+4. The Morgan fingerprint density at radius 2 is 1.25 bits per heavy atom. The van der Waals surface area contributed by atoms with Crippen molar-refractivity contribution in [1.29, 1.82) is 0 Å². The zero-order valence-electron chi connectivity index (χ0n) is 7.51. The molecular weight excluding hydrogens is 429 g/mol. The first-order chi connectivity index (χ1) is 6.91.